The Kier molecular flexibility index (Phi) is 5.56. The number of carbonyl (C=O) groups excluding carboxylic acids is 1. The molecule has 0 aromatic carbocycles. The maximum atomic E-state index is 11.9. The number of halogens is 1. The van der Waals surface area contributed by atoms with Gasteiger partial charge in [-0.25, -0.2) is 0 Å². The molecule has 1 unspecified atom stereocenters. The molecule has 1 aliphatic heterocycles. The van der Waals surface area contributed by atoms with Gasteiger partial charge in [0.1, 0.15) is 0 Å². The van der Waals surface area contributed by atoms with Gasteiger partial charge in [0.15, 0.2) is 0 Å². The molecule has 2 rings (SSSR count). The van der Waals surface area contributed by atoms with E-state index in [4.69, 9.17) is 0 Å². The van der Waals surface area contributed by atoms with Gasteiger partial charge in [-0.3, -0.25) is 4.79 Å². The molecule has 94 valence electrons. The van der Waals surface area contributed by atoms with Crippen molar-refractivity contribution >= 4 is 18.3 Å². The zero-order chi connectivity index (χ0) is 10.7. The summed E-state index contributed by atoms with van der Waals surface area (Å²) in [5, 5.41) is 3.36. The summed E-state index contributed by atoms with van der Waals surface area (Å²) in [6.45, 7) is 4.89. The van der Waals surface area contributed by atoms with Crippen molar-refractivity contribution in [1.82, 2.24) is 10.2 Å². The van der Waals surface area contributed by atoms with Crippen molar-refractivity contribution < 1.29 is 4.79 Å². The van der Waals surface area contributed by atoms with Crippen molar-refractivity contribution in [3.8, 4) is 0 Å². The quantitative estimate of drug-likeness (QED) is 0.824. The summed E-state index contributed by atoms with van der Waals surface area (Å²) in [4.78, 5) is 13.9. The van der Waals surface area contributed by atoms with Gasteiger partial charge in [0.2, 0.25) is 5.91 Å². The minimum Gasteiger partial charge on any atom is -0.340 e. The molecule has 1 N–H and O–H groups in total. The summed E-state index contributed by atoms with van der Waals surface area (Å²) >= 11 is 0. The molecule has 4 heteroatoms. The minimum atomic E-state index is 0. The second kappa shape index (κ2) is 6.45. The van der Waals surface area contributed by atoms with Crippen molar-refractivity contribution in [2.45, 2.75) is 45.1 Å². The second-order valence-electron chi connectivity index (χ2n) is 5.03. The third-order valence-corrected chi connectivity index (χ3v) is 3.71. The highest BCUT2D eigenvalue weighted by Gasteiger charge is 2.23. The van der Waals surface area contributed by atoms with Crippen LogP contribution in [-0.2, 0) is 4.79 Å². The van der Waals surface area contributed by atoms with Gasteiger partial charge in [-0.15, -0.1) is 12.4 Å². The maximum Gasteiger partial charge on any atom is 0.222 e. The second-order valence-corrected chi connectivity index (χ2v) is 5.03. The Balaban J connectivity index is 0.00000128. The molecule has 0 aromatic heterocycles. The van der Waals surface area contributed by atoms with Crippen LogP contribution in [0.5, 0.6) is 0 Å². The first-order valence-corrected chi connectivity index (χ1v) is 6.27. The van der Waals surface area contributed by atoms with Gasteiger partial charge in [0, 0.05) is 32.1 Å². The van der Waals surface area contributed by atoms with E-state index < -0.39 is 0 Å². The molecule has 1 amide bonds. The molecule has 1 atom stereocenters. The Morgan fingerprint density at radius 3 is 2.75 bits per heavy atom. The molecule has 1 saturated carbocycles. The SMILES string of the molecule is CC1CN(C(=O)CCC2CCC2)CCN1.Cl. The number of hydrogen-bond acceptors (Lipinski definition) is 2. The first-order valence-electron chi connectivity index (χ1n) is 6.27. The van der Waals surface area contributed by atoms with Crippen LogP contribution in [-0.4, -0.2) is 36.5 Å². The predicted octanol–water partition coefficient (Wildman–Crippen LogP) is 1.81. The first kappa shape index (κ1) is 13.8. The summed E-state index contributed by atoms with van der Waals surface area (Å²) in [5.41, 5.74) is 0. The van der Waals surface area contributed by atoms with Crippen LogP contribution >= 0.6 is 12.4 Å². The molecular weight excluding hydrogens is 224 g/mol. The number of rotatable bonds is 3. The van der Waals surface area contributed by atoms with Crippen molar-refractivity contribution in [2.75, 3.05) is 19.6 Å². The lowest BCUT2D eigenvalue weighted by Crippen LogP contribution is -2.51. The lowest BCUT2D eigenvalue weighted by molar-refractivity contribution is -0.132. The van der Waals surface area contributed by atoms with Gasteiger partial charge in [-0.1, -0.05) is 19.3 Å². The summed E-state index contributed by atoms with van der Waals surface area (Å²) in [6.07, 6.45) is 5.98. The van der Waals surface area contributed by atoms with E-state index in [1.807, 2.05) is 4.90 Å². The van der Waals surface area contributed by atoms with Gasteiger partial charge in [-0.05, 0) is 19.3 Å². The molecule has 0 bridgehead atoms. The summed E-state index contributed by atoms with van der Waals surface area (Å²) < 4.78 is 0. The molecular formula is C12H23ClN2O. The summed E-state index contributed by atoms with van der Waals surface area (Å²) in [5.74, 6) is 1.23. The number of nitrogens with zero attached hydrogens (tertiary/aromatic N) is 1. The average molecular weight is 247 g/mol. The lowest BCUT2D eigenvalue weighted by atomic mass is 9.82. The zero-order valence-corrected chi connectivity index (χ0v) is 10.9. The Bertz CT molecular complexity index is 231. The number of carbonyl (C=O) groups is 1. The molecule has 1 aliphatic carbocycles. The highest BCUT2D eigenvalue weighted by molar-refractivity contribution is 5.85. The largest absolute Gasteiger partial charge is 0.340 e. The number of hydrogen-bond donors (Lipinski definition) is 1. The van der Waals surface area contributed by atoms with E-state index >= 15 is 0 Å². The minimum absolute atomic E-state index is 0. The van der Waals surface area contributed by atoms with Crippen LogP contribution in [0, 0.1) is 5.92 Å². The van der Waals surface area contributed by atoms with Crippen molar-refractivity contribution in [3.63, 3.8) is 0 Å². The smallest absolute Gasteiger partial charge is 0.222 e. The Hall–Kier alpha value is -0.280. The standard InChI is InChI=1S/C12H22N2O.ClH/c1-10-9-14(8-7-13-10)12(15)6-5-11-3-2-4-11;/h10-11,13H,2-9H2,1H3;1H. The fraction of sp³-hybridized carbons (Fsp3) is 0.917. The van der Waals surface area contributed by atoms with Crippen LogP contribution in [0.2, 0.25) is 0 Å². The molecule has 16 heavy (non-hydrogen) atoms. The highest BCUT2D eigenvalue weighted by Crippen LogP contribution is 2.30. The van der Waals surface area contributed by atoms with Crippen LogP contribution in [0.3, 0.4) is 0 Å². The monoisotopic (exact) mass is 246 g/mol. The number of nitrogens with one attached hydrogen (secondary N) is 1. The van der Waals surface area contributed by atoms with Crippen molar-refractivity contribution in [3.05, 3.63) is 0 Å². The number of amides is 1. The van der Waals surface area contributed by atoms with Gasteiger partial charge in [-0.2, -0.15) is 0 Å². The summed E-state index contributed by atoms with van der Waals surface area (Å²) in [6, 6.07) is 0.464. The Labute approximate surface area is 104 Å². The third kappa shape index (κ3) is 3.63. The summed E-state index contributed by atoms with van der Waals surface area (Å²) in [7, 11) is 0. The zero-order valence-electron chi connectivity index (χ0n) is 10.1. The van der Waals surface area contributed by atoms with Gasteiger partial charge >= 0.3 is 0 Å². The predicted molar refractivity (Wildman–Crippen MR) is 67.9 cm³/mol. The molecule has 3 nitrogen and oxygen atoms in total. The molecule has 1 heterocycles. The van der Waals surface area contributed by atoms with Crippen LogP contribution in [0.1, 0.15) is 39.0 Å². The maximum absolute atomic E-state index is 11.9. The highest BCUT2D eigenvalue weighted by atomic mass is 35.5. The fourth-order valence-corrected chi connectivity index (χ4v) is 2.43. The third-order valence-electron chi connectivity index (χ3n) is 3.71. The number of piperazine rings is 1. The molecule has 0 aromatic rings. The van der Waals surface area contributed by atoms with E-state index in [9.17, 15) is 4.79 Å². The van der Waals surface area contributed by atoms with Crippen LogP contribution in [0.25, 0.3) is 0 Å². The van der Waals surface area contributed by atoms with Gasteiger partial charge in [0.25, 0.3) is 0 Å². The van der Waals surface area contributed by atoms with Gasteiger partial charge in [0.05, 0.1) is 0 Å². The Morgan fingerprint density at radius 1 is 1.44 bits per heavy atom. The van der Waals surface area contributed by atoms with E-state index in [1.54, 1.807) is 0 Å². The van der Waals surface area contributed by atoms with Crippen LogP contribution in [0.15, 0.2) is 0 Å². The van der Waals surface area contributed by atoms with Crippen molar-refractivity contribution in [2.24, 2.45) is 5.92 Å². The van der Waals surface area contributed by atoms with E-state index in [1.165, 1.54) is 19.3 Å². The molecule has 0 radical (unpaired) electrons. The van der Waals surface area contributed by atoms with E-state index in [-0.39, 0.29) is 12.4 Å². The van der Waals surface area contributed by atoms with E-state index in [0.29, 0.717) is 11.9 Å². The molecule has 2 aliphatic rings. The van der Waals surface area contributed by atoms with E-state index in [0.717, 1.165) is 38.4 Å². The topological polar surface area (TPSA) is 32.3 Å². The normalized spacial score (nSPS) is 25.8. The fourth-order valence-electron chi connectivity index (χ4n) is 2.43. The molecule has 2 fully saturated rings. The van der Waals surface area contributed by atoms with Crippen LogP contribution < -0.4 is 5.32 Å². The average Bonchev–Trinajstić information content (AvgIpc) is 2.15. The Morgan fingerprint density at radius 2 is 2.19 bits per heavy atom. The first-order chi connectivity index (χ1) is 7.25. The lowest BCUT2D eigenvalue weighted by Gasteiger charge is -2.33. The van der Waals surface area contributed by atoms with E-state index in [2.05, 4.69) is 12.2 Å². The van der Waals surface area contributed by atoms with Crippen molar-refractivity contribution in [1.29, 1.82) is 0 Å². The van der Waals surface area contributed by atoms with Gasteiger partial charge < -0.3 is 10.2 Å². The molecule has 0 spiro atoms. The molecule has 1 saturated heterocycles. The van der Waals surface area contributed by atoms with Crippen LogP contribution in [0.4, 0.5) is 0 Å².